The van der Waals surface area contributed by atoms with Crippen molar-refractivity contribution in [2.45, 2.75) is 11.5 Å². The highest BCUT2D eigenvalue weighted by atomic mass is 35.5. The van der Waals surface area contributed by atoms with Gasteiger partial charge in [0.1, 0.15) is 5.82 Å². The second-order valence-corrected chi connectivity index (χ2v) is 5.55. The molecule has 0 radical (unpaired) electrons. The fourth-order valence-corrected chi connectivity index (χ4v) is 3.17. The second kappa shape index (κ2) is 6.77. The van der Waals surface area contributed by atoms with Crippen molar-refractivity contribution in [1.29, 1.82) is 0 Å². The van der Waals surface area contributed by atoms with Gasteiger partial charge in [-0.2, -0.15) is 11.8 Å². The molecule has 0 aliphatic rings. The SMILES string of the molecule is O=C(O)c1ccccc1CSCc1c(F)cccc1Cl. The number of thioether (sulfide) groups is 1. The largest absolute Gasteiger partial charge is 0.478 e. The predicted octanol–water partition coefficient (Wildman–Crippen LogP) is 4.61. The van der Waals surface area contributed by atoms with E-state index in [2.05, 4.69) is 0 Å². The fraction of sp³-hybridized carbons (Fsp3) is 0.133. The Morgan fingerprint density at radius 2 is 1.90 bits per heavy atom. The highest BCUT2D eigenvalue weighted by molar-refractivity contribution is 7.97. The zero-order valence-corrected chi connectivity index (χ0v) is 12.0. The molecule has 0 heterocycles. The third kappa shape index (κ3) is 3.52. The molecule has 0 aliphatic heterocycles. The van der Waals surface area contributed by atoms with Gasteiger partial charge in [0.25, 0.3) is 0 Å². The minimum atomic E-state index is -0.954. The summed E-state index contributed by atoms with van der Waals surface area (Å²) in [5, 5.41) is 9.47. The number of hydrogen-bond acceptors (Lipinski definition) is 2. The number of rotatable bonds is 5. The zero-order valence-electron chi connectivity index (χ0n) is 10.5. The number of benzene rings is 2. The van der Waals surface area contributed by atoms with E-state index < -0.39 is 5.97 Å². The summed E-state index contributed by atoms with van der Waals surface area (Å²) in [6.45, 7) is 0. The summed E-state index contributed by atoms with van der Waals surface area (Å²) in [5.74, 6) is -0.395. The lowest BCUT2D eigenvalue weighted by atomic mass is 10.1. The smallest absolute Gasteiger partial charge is 0.335 e. The lowest BCUT2D eigenvalue weighted by molar-refractivity contribution is 0.0696. The van der Waals surface area contributed by atoms with E-state index in [4.69, 9.17) is 16.7 Å². The molecule has 104 valence electrons. The van der Waals surface area contributed by atoms with E-state index >= 15 is 0 Å². The van der Waals surface area contributed by atoms with Gasteiger partial charge in [-0.05, 0) is 23.8 Å². The Balaban J connectivity index is 2.05. The van der Waals surface area contributed by atoms with Crippen molar-refractivity contribution < 1.29 is 14.3 Å². The number of halogens is 2. The summed E-state index contributed by atoms with van der Waals surface area (Å²) in [7, 11) is 0. The maximum absolute atomic E-state index is 13.6. The van der Waals surface area contributed by atoms with Crippen LogP contribution in [-0.2, 0) is 11.5 Å². The molecule has 0 unspecified atom stereocenters. The van der Waals surface area contributed by atoms with Crippen molar-refractivity contribution in [2.75, 3.05) is 0 Å². The van der Waals surface area contributed by atoms with Crippen LogP contribution in [-0.4, -0.2) is 11.1 Å². The average molecular weight is 311 g/mol. The number of aromatic carboxylic acids is 1. The molecule has 2 aromatic rings. The molecule has 0 aromatic heterocycles. The molecule has 2 nitrogen and oxygen atoms in total. The van der Waals surface area contributed by atoms with Crippen LogP contribution in [0.4, 0.5) is 4.39 Å². The Bertz CT molecular complexity index is 611. The highest BCUT2D eigenvalue weighted by Crippen LogP contribution is 2.26. The molecular formula is C15H12ClFO2S. The molecule has 2 aromatic carbocycles. The Morgan fingerprint density at radius 3 is 2.60 bits per heavy atom. The first kappa shape index (κ1) is 14.9. The first-order valence-electron chi connectivity index (χ1n) is 5.91. The molecule has 0 spiro atoms. The maximum atomic E-state index is 13.6. The van der Waals surface area contributed by atoms with Gasteiger partial charge in [0, 0.05) is 22.1 Å². The predicted molar refractivity (Wildman–Crippen MR) is 79.8 cm³/mol. The molecule has 0 bridgehead atoms. The van der Waals surface area contributed by atoms with Crippen molar-refractivity contribution >= 4 is 29.3 Å². The molecule has 0 fully saturated rings. The standard InChI is InChI=1S/C15H12ClFO2S/c16-13-6-3-7-14(17)12(13)9-20-8-10-4-1-2-5-11(10)15(18)19/h1-7H,8-9H2,(H,18,19). The minimum Gasteiger partial charge on any atom is -0.478 e. The van der Waals surface area contributed by atoms with Crippen LogP contribution in [0.5, 0.6) is 0 Å². The Morgan fingerprint density at radius 1 is 1.15 bits per heavy atom. The van der Waals surface area contributed by atoms with E-state index in [9.17, 15) is 9.18 Å². The van der Waals surface area contributed by atoms with Crippen LogP contribution in [0.15, 0.2) is 42.5 Å². The zero-order chi connectivity index (χ0) is 14.5. The second-order valence-electron chi connectivity index (χ2n) is 4.16. The van der Waals surface area contributed by atoms with Crippen LogP contribution in [0.25, 0.3) is 0 Å². The van der Waals surface area contributed by atoms with Gasteiger partial charge >= 0.3 is 5.97 Å². The summed E-state index contributed by atoms with van der Waals surface area (Å²) >= 11 is 7.38. The van der Waals surface area contributed by atoms with Crippen LogP contribution < -0.4 is 0 Å². The molecule has 0 saturated carbocycles. The quantitative estimate of drug-likeness (QED) is 0.876. The molecule has 1 N–H and O–H groups in total. The first-order chi connectivity index (χ1) is 9.59. The van der Waals surface area contributed by atoms with Gasteiger partial charge in [-0.25, -0.2) is 9.18 Å². The average Bonchev–Trinajstić information content (AvgIpc) is 2.42. The fourth-order valence-electron chi connectivity index (χ4n) is 1.79. The van der Waals surface area contributed by atoms with Crippen LogP contribution in [0.2, 0.25) is 5.02 Å². The number of carboxylic acid groups (broad SMARTS) is 1. The summed E-state index contributed by atoms with van der Waals surface area (Å²) < 4.78 is 13.6. The molecule has 5 heteroatoms. The van der Waals surface area contributed by atoms with Crippen molar-refractivity contribution in [3.05, 3.63) is 70.0 Å². The Labute approximate surface area is 125 Å². The molecule has 0 atom stereocenters. The number of carbonyl (C=O) groups is 1. The Hall–Kier alpha value is -1.52. The van der Waals surface area contributed by atoms with Crippen LogP contribution >= 0.6 is 23.4 Å². The number of carboxylic acids is 1. The third-order valence-electron chi connectivity index (χ3n) is 2.81. The first-order valence-corrected chi connectivity index (χ1v) is 7.44. The van der Waals surface area contributed by atoms with Crippen LogP contribution in [0.3, 0.4) is 0 Å². The van der Waals surface area contributed by atoms with Crippen molar-refractivity contribution in [3.8, 4) is 0 Å². The third-order valence-corrected chi connectivity index (χ3v) is 4.18. The molecule has 2 rings (SSSR count). The normalized spacial score (nSPS) is 10.5. The highest BCUT2D eigenvalue weighted by Gasteiger charge is 2.10. The monoisotopic (exact) mass is 310 g/mol. The molecule has 0 amide bonds. The molecular weight excluding hydrogens is 299 g/mol. The van der Waals surface area contributed by atoms with Crippen molar-refractivity contribution in [2.24, 2.45) is 0 Å². The van der Waals surface area contributed by atoms with E-state index in [-0.39, 0.29) is 11.4 Å². The topological polar surface area (TPSA) is 37.3 Å². The Kier molecular flexibility index (Phi) is 5.04. The van der Waals surface area contributed by atoms with Crippen LogP contribution in [0.1, 0.15) is 21.5 Å². The van der Waals surface area contributed by atoms with E-state index in [0.717, 1.165) is 5.56 Å². The van der Waals surface area contributed by atoms with Gasteiger partial charge in [0.05, 0.1) is 5.56 Å². The molecule has 0 saturated heterocycles. The van der Waals surface area contributed by atoms with E-state index in [1.807, 2.05) is 0 Å². The van der Waals surface area contributed by atoms with Gasteiger partial charge in [0.15, 0.2) is 0 Å². The molecule has 0 aliphatic carbocycles. The van der Waals surface area contributed by atoms with Gasteiger partial charge in [-0.15, -0.1) is 0 Å². The summed E-state index contributed by atoms with van der Waals surface area (Å²) in [5.41, 5.74) is 1.45. The van der Waals surface area contributed by atoms with Gasteiger partial charge in [-0.3, -0.25) is 0 Å². The van der Waals surface area contributed by atoms with Crippen molar-refractivity contribution in [1.82, 2.24) is 0 Å². The lowest BCUT2D eigenvalue weighted by Gasteiger charge is -2.07. The maximum Gasteiger partial charge on any atom is 0.335 e. The van der Waals surface area contributed by atoms with E-state index in [1.54, 1.807) is 36.4 Å². The number of hydrogen-bond donors (Lipinski definition) is 1. The lowest BCUT2D eigenvalue weighted by Crippen LogP contribution is -2.01. The van der Waals surface area contributed by atoms with Gasteiger partial charge in [-0.1, -0.05) is 35.9 Å². The minimum absolute atomic E-state index is 0.277. The molecule has 20 heavy (non-hydrogen) atoms. The summed E-state index contributed by atoms with van der Waals surface area (Å²) in [6.07, 6.45) is 0. The van der Waals surface area contributed by atoms with E-state index in [1.165, 1.54) is 17.8 Å². The van der Waals surface area contributed by atoms with Crippen molar-refractivity contribution in [3.63, 3.8) is 0 Å². The summed E-state index contributed by atoms with van der Waals surface area (Å²) in [6, 6.07) is 11.4. The van der Waals surface area contributed by atoms with Crippen LogP contribution in [0, 0.1) is 5.82 Å². The van der Waals surface area contributed by atoms with E-state index in [0.29, 0.717) is 22.1 Å². The van der Waals surface area contributed by atoms with Gasteiger partial charge < -0.3 is 5.11 Å². The summed E-state index contributed by atoms with van der Waals surface area (Å²) in [4.78, 5) is 11.1. The van der Waals surface area contributed by atoms with Gasteiger partial charge in [0.2, 0.25) is 0 Å².